The lowest BCUT2D eigenvalue weighted by molar-refractivity contribution is -0.274. The highest BCUT2D eigenvalue weighted by atomic mass is 35.5. The van der Waals surface area contributed by atoms with Crippen LogP contribution in [0.15, 0.2) is 18.2 Å². The molecule has 0 aliphatic rings. The average Bonchev–Trinajstić information content (AvgIpc) is 2.25. The zero-order valence-electron chi connectivity index (χ0n) is 9.55. The fourth-order valence-electron chi connectivity index (χ4n) is 1.37. The Kier molecular flexibility index (Phi) is 4.45. The predicted molar refractivity (Wildman–Crippen MR) is 59.0 cm³/mol. The van der Waals surface area contributed by atoms with Crippen LogP contribution in [0.1, 0.15) is 17.9 Å². The first-order valence-corrected chi connectivity index (χ1v) is 5.27. The van der Waals surface area contributed by atoms with E-state index < -0.39 is 23.3 Å². The van der Waals surface area contributed by atoms with Crippen LogP contribution in [0.3, 0.4) is 0 Å². The predicted octanol–water partition coefficient (Wildman–Crippen LogP) is 3.46. The number of carbonyl (C=O) groups excluding carboxylic acids is 1. The summed E-state index contributed by atoms with van der Waals surface area (Å²) in [5, 5.41) is -1.27. The van der Waals surface area contributed by atoms with Gasteiger partial charge in [-0.3, -0.25) is 4.79 Å². The van der Waals surface area contributed by atoms with Gasteiger partial charge in [-0.1, -0.05) is 6.07 Å². The van der Waals surface area contributed by atoms with Crippen molar-refractivity contribution in [3.63, 3.8) is 0 Å². The SMILES string of the molecule is COc1cccc(OC(F)(F)F)c1C(Cl)C(C)=O. The maximum atomic E-state index is 12.2. The highest BCUT2D eigenvalue weighted by molar-refractivity contribution is 6.31. The van der Waals surface area contributed by atoms with Crippen LogP contribution in [0.5, 0.6) is 11.5 Å². The van der Waals surface area contributed by atoms with Crippen LogP contribution in [-0.2, 0) is 4.79 Å². The van der Waals surface area contributed by atoms with Crippen LogP contribution in [0.2, 0.25) is 0 Å². The topological polar surface area (TPSA) is 35.5 Å². The summed E-state index contributed by atoms with van der Waals surface area (Å²) in [6, 6.07) is 3.79. The van der Waals surface area contributed by atoms with Crippen LogP contribution in [-0.4, -0.2) is 19.3 Å². The number of hydrogen-bond acceptors (Lipinski definition) is 3. The molecule has 7 heteroatoms. The Morgan fingerprint density at radius 3 is 2.33 bits per heavy atom. The summed E-state index contributed by atoms with van der Waals surface area (Å²) < 4.78 is 45.4. The normalized spacial score (nSPS) is 13.0. The van der Waals surface area contributed by atoms with Crippen LogP contribution in [0.25, 0.3) is 0 Å². The van der Waals surface area contributed by atoms with Gasteiger partial charge < -0.3 is 9.47 Å². The lowest BCUT2D eigenvalue weighted by Gasteiger charge is -2.17. The van der Waals surface area contributed by atoms with Crippen molar-refractivity contribution in [2.45, 2.75) is 18.7 Å². The first-order chi connectivity index (χ1) is 8.26. The van der Waals surface area contributed by atoms with Crippen molar-refractivity contribution in [3.8, 4) is 11.5 Å². The summed E-state index contributed by atoms with van der Waals surface area (Å²) >= 11 is 5.78. The summed E-state index contributed by atoms with van der Waals surface area (Å²) in [5.41, 5.74) is -0.133. The van der Waals surface area contributed by atoms with Crippen molar-refractivity contribution < 1.29 is 27.4 Å². The molecular formula is C11H10ClF3O3. The molecule has 0 spiro atoms. The van der Waals surface area contributed by atoms with E-state index in [1.807, 2.05) is 0 Å². The Morgan fingerprint density at radius 2 is 1.89 bits per heavy atom. The van der Waals surface area contributed by atoms with Crippen molar-refractivity contribution in [3.05, 3.63) is 23.8 Å². The van der Waals surface area contributed by atoms with E-state index in [2.05, 4.69) is 4.74 Å². The van der Waals surface area contributed by atoms with Gasteiger partial charge in [0, 0.05) is 0 Å². The van der Waals surface area contributed by atoms with Crippen molar-refractivity contribution in [1.29, 1.82) is 0 Å². The van der Waals surface area contributed by atoms with Crippen molar-refractivity contribution in [2.75, 3.05) is 7.11 Å². The minimum Gasteiger partial charge on any atom is -0.496 e. The van der Waals surface area contributed by atoms with Gasteiger partial charge in [0.2, 0.25) is 0 Å². The van der Waals surface area contributed by atoms with Gasteiger partial charge in [-0.15, -0.1) is 24.8 Å². The maximum Gasteiger partial charge on any atom is 0.573 e. The van der Waals surface area contributed by atoms with Gasteiger partial charge in [0.25, 0.3) is 0 Å². The number of benzene rings is 1. The Bertz CT molecular complexity index is 446. The molecule has 0 aliphatic carbocycles. The summed E-state index contributed by atoms with van der Waals surface area (Å²) in [6.07, 6.45) is -4.87. The molecule has 0 heterocycles. The number of hydrogen-bond donors (Lipinski definition) is 0. The van der Waals surface area contributed by atoms with E-state index in [1.54, 1.807) is 0 Å². The van der Waals surface area contributed by atoms with Crippen molar-refractivity contribution >= 4 is 17.4 Å². The molecule has 1 aromatic rings. The lowest BCUT2D eigenvalue weighted by Crippen LogP contribution is -2.19. The molecule has 1 unspecified atom stereocenters. The summed E-state index contributed by atoms with van der Waals surface area (Å²) in [7, 11) is 1.26. The third kappa shape index (κ3) is 3.53. The van der Waals surface area contributed by atoms with Crippen LogP contribution < -0.4 is 9.47 Å². The third-order valence-electron chi connectivity index (χ3n) is 2.08. The summed E-state index contributed by atoms with van der Waals surface area (Å²) in [6.45, 7) is 1.17. The van der Waals surface area contributed by atoms with Gasteiger partial charge in [-0.05, 0) is 19.1 Å². The van der Waals surface area contributed by atoms with Gasteiger partial charge in [-0.25, -0.2) is 0 Å². The maximum absolute atomic E-state index is 12.2. The number of ketones is 1. The second-order valence-corrected chi connectivity index (χ2v) is 3.83. The quantitative estimate of drug-likeness (QED) is 0.793. The molecule has 1 aromatic carbocycles. The zero-order valence-corrected chi connectivity index (χ0v) is 10.3. The van der Waals surface area contributed by atoms with E-state index in [0.717, 1.165) is 6.07 Å². The van der Waals surface area contributed by atoms with Gasteiger partial charge in [0.05, 0.1) is 12.7 Å². The molecule has 18 heavy (non-hydrogen) atoms. The van der Waals surface area contributed by atoms with Gasteiger partial charge in [0.1, 0.15) is 16.9 Å². The molecule has 0 saturated heterocycles. The summed E-state index contributed by atoms with van der Waals surface area (Å²) in [5.74, 6) is -0.989. The molecule has 0 amide bonds. The monoisotopic (exact) mass is 282 g/mol. The molecule has 0 aromatic heterocycles. The van der Waals surface area contributed by atoms with Gasteiger partial charge in [0.15, 0.2) is 5.78 Å². The minimum atomic E-state index is -4.87. The van der Waals surface area contributed by atoms with E-state index in [9.17, 15) is 18.0 Å². The summed E-state index contributed by atoms with van der Waals surface area (Å²) in [4.78, 5) is 11.2. The number of halogens is 4. The third-order valence-corrected chi connectivity index (χ3v) is 2.61. The molecule has 100 valence electrons. The number of alkyl halides is 4. The number of Topliss-reactive ketones (excluding diaryl/α,β-unsaturated/α-hetero) is 1. The fraction of sp³-hybridized carbons (Fsp3) is 0.364. The van der Waals surface area contributed by atoms with E-state index in [0.29, 0.717) is 0 Å². The Morgan fingerprint density at radius 1 is 1.33 bits per heavy atom. The number of methoxy groups -OCH3 is 1. The highest BCUT2D eigenvalue weighted by Gasteiger charge is 2.34. The fourth-order valence-corrected chi connectivity index (χ4v) is 1.58. The highest BCUT2D eigenvalue weighted by Crippen LogP contribution is 2.39. The lowest BCUT2D eigenvalue weighted by atomic mass is 10.1. The number of rotatable bonds is 4. The smallest absolute Gasteiger partial charge is 0.496 e. The Hall–Kier alpha value is -1.43. The molecule has 0 radical (unpaired) electrons. The molecule has 0 aliphatic heterocycles. The van der Waals surface area contributed by atoms with E-state index >= 15 is 0 Å². The Labute approximate surface area is 106 Å². The molecule has 1 rings (SSSR count). The first kappa shape index (κ1) is 14.6. The second-order valence-electron chi connectivity index (χ2n) is 3.39. The minimum absolute atomic E-state index is 0.0620. The number of carbonyl (C=O) groups is 1. The standard InChI is InChI=1S/C11H10ClF3O3/c1-6(16)10(12)9-7(17-2)4-3-5-8(9)18-11(13,14)15/h3-5,10H,1-2H3. The second kappa shape index (κ2) is 5.48. The average molecular weight is 283 g/mol. The molecule has 0 fully saturated rings. The van der Waals surface area contributed by atoms with E-state index in [4.69, 9.17) is 16.3 Å². The zero-order chi connectivity index (χ0) is 13.9. The van der Waals surface area contributed by atoms with Crippen molar-refractivity contribution in [2.24, 2.45) is 0 Å². The Balaban J connectivity index is 3.29. The largest absolute Gasteiger partial charge is 0.573 e. The molecule has 0 N–H and O–H groups in total. The molecule has 1 atom stereocenters. The van der Waals surface area contributed by atoms with Gasteiger partial charge in [-0.2, -0.15) is 0 Å². The van der Waals surface area contributed by atoms with E-state index in [-0.39, 0.29) is 11.3 Å². The molecule has 3 nitrogen and oxygen atoms in total. The van der Waals surface area contributed by atoms with Crippen molar-refractivity contribution in [1.82, 2.24) is 0 Å². The van der Waals surface area contributed by atoms with Gasteiger partial charge >= 0.3 is 6.36 Å². The van der Waals surface area contributed by atoms with Crippen LogP contribution >= 0.6 is 11.6 Å². The van der Waals surface area contributed by atoms with Crippen LogP contribution in [0.4, 0.5) is 13.2 Å². The molecule has 0 bridgehead atoms. The number of ether oxygens (including phenoxy) is 2. The molecular weight excluding hydrogens is 273 g/mol. The first-order valence-electron chi connectivity index (χ1n) is 4.83. The van der Waals surface area contributed by atoms with Crippen LogP contribution in [0, 0.1) is 0 Å². The van der Waals surface area contributed by atoms with E-state index in [1.165, 1.54) is 26.2 Å². The molecule has 0 saturated carbocycles.